The molecule has 0 aliphatic carbocycles. The smallest absolute Gasteiger partial charge is 0.132 e. The van der Waals surface area contributed by atoms with Gasteiger partial charge in [0, 0.05) is 19.4 Å². The molecule has 5 heteroatoms. The maximum atomic E-state index is 4.28. The third-order valence-corrected chi connectivity index (χ3v) is 3.03. The first kappa shape index (κ1) is 8.43. The quantitative estimate of drug-likeness (QED) is 0.691. The lowest BCUT2D eigenvalue weighted by Gasteiger charge is -1.94. The monoisotopic (exact) mass is 337 g/mol. The Kier molecular flexibility index (Phi) is 2.07. The highest BCUT2D eigenvalue weighted by atomic mass is 127. The maximum absolute atomic E-state index is 4.28. The summed E-state index contributed by atoms with van der Waals surface area (Å²) in [4.78, 5) is 4.08. The van der Waals surface area contributed by atoms with E-state index in [1.807, 2.05) is 17.9 Å². The number of hydrogen-bond donors (Lipinski definition) is 0. The Morgan fingerprint density at radius 2 is 2.25 bits per heavy atom. The van der Waals surface area contributed by atoms with Gasteiger partial charge in [0.15, 0.2) is 0 Å². The topological polar surface area (TPSA) is 30.7 Å². The molecule has 0 aliphatic heterocycles. The van der Waals surface area contributed by atoms with E-state index in [0.29, 0.717) is 0 Å². The highest BCUT2D eigenvalue weighted by Gasteiger charge is 2.08. The van der Waals surface area contributed by atoms with E-state index in [1.54, 1.807) is 6.20 Å². The third kappa shape index (κ3) is 1.15. The van der Waals surface area contributed by atoms with Crippen molar-refractivity contribution in [1.82, 2.24) is 14.8 Å². The van der Waals surface area contributed by atoms with Crippen LogP contribution in [0.5, 0.6) is 0 Å². The van der Waals surface area contributed by atoms with Crippen LogP contribution in [0.2, 0.25) is 0 Å². The molecule has 2 aromatic heterocycles. The van der Waals surface area contributed by atoms with Crippen LogP contribution in [0.25, 0.3) is 10.9 Å². The van der Waals surface area contributed by atoms with Gasteiger partial charge in [-0.2, -0.15) is 5.10 Å². The number of rotatable bonds is 0. The average Bonchev–Trinajstić information content (AvgIpc) is 2.29. The first-order valence-electron chi connectivity index (χ1n) is 3.32. The molecule has 12 heavy (non-hydrogen) atoms. The van der Waals surface area contributed by atoms with Crippen molar-refractivity contribution >= 4 is 49.4 Å². The average molecular weight is 338 g/mol. The minimum atomic E-state index is 0.984. The second-order valence-corrected chi connectivity index (χ2v) is 4.31. The van der Waals surface area contributed by atoms with Gasteiger partial charge in [-0.3, -0.25) is 9.67 Å². The second-order valence-electron chi connectivity index (χ2n) is 2.43. The fourth-order valence-corrected chi connectivity index (χ4v) is 2.45. The molecule has 0 spiro atoms. The Morgan fingerprint density at radius 1 is 1.50 bits per heavy atom. The summed E-state index contributed by atoms with van der Waals surface area (Å²) in [5.74, 6) is 0. The molecule has 2 aromatic rings. The number of fused-ring (bicyclic) bond motifs is 1. The number of aromatic nitrogens is 3. The van der Waals surface area contributed by atoms with E-state index in [2.05, 4.69) is 48.6 Å². The molecule has 62 valence electrons. The van der Waals surface area contributed by atoms with E-state index in [4.69, 9.17) is 0 Å². The lowest BCUT2D eigenvalue weighted by atomic mass is 10.3. The lowest BCUT2D eigenvalue weighted by Crippen LogP contribution is -1.90. The van der Waals surface area contributed by atoms with Crippen molar-refractivity contribution < 1.29 is 0 Å². The summed E-state index contributed by atoms with van der Waals surface area (Å²) in [6.45, 7) is 0. The van der Waals surface area contributed by atoms with Crippen LogP contribution >= 0.6 is 38.5 Å². The molecule has 0 fully saturated rings. The predicted octanol–water partition coefficient (Wildman–Crippen LogP) is 2.34. The standard InChI is InChI=1S/C7H5BrIN3/c1-12-6-4(7(9)11-12)2-10-3-5(6)8/h2-3H,1H3. The summed E-state index contributed by atoms with van der Waals surface area (Å²) < 4.78 is 3.82. The van der Waals surface area contributed by atoms with E-state index in [1.165, 1.54) is 0 Å². The minimum Gasteiger partial charge on any atom is -0.266 e. The van der Waals surface area contributed by atoms with Crippen molar-refractivity contribution in [1.29, 1.82) is 0 Å². The zero-order valence-electron chi connectivity index (χ0n) is 6.25. The molecule has 0 bridgehead atoms. The van der Waals surface area contributed by atoms with Crippen LogP contribution in [-0.4, -0.2) is 14.8 Å². The van der Waals surface area contributed by atoms with Crippen LogP contribution in [0, 0.1) is 3.70 Å². The highest BCUT2D eigenvalue weighted by Crippen LogP contribution is 2.24. The SMILES string of the molecule is Cn1nc(I)c2cncc(Br)c21. The zero-order valence-corrected chi connectivity index (χ0v) is 10.00. The highest BCUT2D eigenvalue weighted by molar-refractivity contribution is 14.1. The van der Waals surface area contributed by atoms with Crippen molar-refractivity contribution in [3.63, 3.8) is 0 Å². The molecule has 0 atom stereocenters. The molecule has 2 heterocycles. The van der Waals surface area contributed by atoms with Crippen LogP contribution in [0.4, 0.5) is 0 Å². The van der Waals surface area contributed by atoms with Crippen LogP contribution in [0.15, 0.2) is 16.9 Å². The maximum Gasteiger partial charge on any atom is 0.132 e. The summed E-state index contributed by atoms with van der Waals surface area (Å²) in [5.41, 5.74) is 1.09. The lowest BCUT2D eigenvalue weighted by molar-refractivity contribution is 0.786. The van der Waals surface area contributed by atoms with Crippen LogP contribution in [0.3, 0.4) is 0 Å². The molecule has 0 aliphatic rings. The first-order valence-corrected chi connectivity index (χ1v) is 5.19. The van der Waals surface area contributed by atoms with Crippen LogP contribution < -0.4 is 0 Å². The van der Waals surface area contributed by atoms with E-state index in [0.717, 1.165) is 19.1 Å². The number of nitrogens with zero attached hydrogens (tertiary/aromatic N) is 3. The minimum absolute atomic E-state index is 0.984. The van der Waals surface area contributed by atoms with Gasteiger partial charge >= 0.3 is 0 Å². The van der Waals surface area contributed by atoms with Gasteiger partial charge in [-0.25, -0.2) is 0 Å². The summed E-state index contributed by atoms with van der Waals surface area (Å²) in [5, 5.41) is 5.37. The van der Waals surface area contributed by atoms with Gasteiger partial charge in [0.2, 0.25) is 0 Å². The van der Waals surface area contributed by atoms with E-state index in [-0.39, 0.29) is 0 Å². The van der Waals surface area contributed by atoms with Crippen molar-refractivity contribution in [3.8, 4) is 0 Å². The molecule has 3 nitrogen and oxygen atoms in total. The number of halogens is 2. The van der Waals surface area contributed by atoms with Crippen LogP contribution in [0.1, 0.15) is 0 Å². The molecule has 0 saturated heterocycles. The van der Waals surface area contributed by atoms with E-state index in [9.17, 15) is 0 Å². The molecule has 0 saturated carbocycles. The second kappa shape index (κ2) is 2.95. The van der Waals surface area contributed by atoms with E-state index >= 15 is 0 Å². The van der Waals surface area contributed by atoms with E-state index < -0.39 is 0 Å². The predicted molar refractivity (Wildman–Crippen MR) is 58.9 cm³/mol. The fourth-order valence-electron chi connectivity index (χ4n) is 1.14. The number of pyridine rings is 1. The van der Waals surface area contributed by atoms with Crippen molar-refractivity contribution in [3.05, 3.63) is 20.6 Å². The molecule has 0 unspecified atom stereocenters. The van der Waals surface area contributed by atoms with Gasteiger partial charge in [-0.1, -0.05) is 0 Å². The summed E-state index contributed by atoms with van der Waals surface area (Å²) in [6.07, 6.45) is 3.61. The number of hydrogen-bond acceptors (Lipinski definition) is 2. The molecule has 2 rings (SSSR count). The Hall–Kier alpha value is -0.170. The molecule has 0 aromatic carbocycles. The fraction of sp³-hybridized carbons (Fsp3) is 0.143. The largest absolute Gasteiger partial charge is 0.266 e. The van der Waals surface area contributed by atoms with Crippen molar-refractivity contribution in [2.45, 2.75) is 0 Å². The summed E-state index contributed by atoms with van der Waals surface area (Å²) in [7, 11) is 1.93. The summed E-state index contributed by atoms with van der Waals surface area (Å²) >= 11 is 5.64. The molecule has 0 amide bonds. The first-order chi connectivity index (χ1) is 5.70. The Balaban J connectivity index is 2.99. The van der Waals surface area contributed by atoms with Gasteiger partial charge in [0.1, 0.15) is 3.70 Å². The zero-order chi connectivity index (χ0) is 8.72. The molecule has 0 radical (unpaired) electrons. The summed E-state index contributed by atoms with van der Waals surface area (Å²) in [6, 6.07) is 0. The molecular weight excluding hydrogens is 333 g/mol. The molecule has 0 N–H and O–H groups in total. The Morgan fingerprint density at radius 3 is 2.92 bits per heavy atom. The number of aryl methyl sites for hydroxylation is 1. The van der Waals surface area contributed by atoms with Gasteiger partial charge in [0.05, 0.1) is 15.4 Å². The Bertz CT molecular complexity index is 437. The van der Waals surface area contributed by atoms with Crippen molar-refractivity contribution in [2.75, 3.05) is 0 Å². The third-order valence-electron chi connectivity index (χ3n) is 1.66. The van der Waals surface area contributed by atoms with Gasteiger partial charge in [-0.15, -0.1) is 0 Å². The Labute approximate surface area is 91.4 Å². The van der Waals surface area contributed by atoms with Gasteiger partial charge < -0.3 is 0 Å². The van der Waals surface area contributed by atoms with Crippen molar-refractivity contribution in [2.24, 2.45) is 7.05 Å². The van der Waals surface area contributed by atoms with Gasteiger partial charge in [-0.05, 0) is 38.5 Å². The van der Waals surface area contributed by atoms with Crippen LogP contribution in [-0.2, 0) is 7.05 Å². The molecular formula is C7H5BrIN3. The normalized spacial score (nSPS) is 10.9. The van der Waals surface area contributed by atoms with Gasteiger partial charge in [0.25, 0.3) is 0 Å².